The number of carbonyl (C=O) groups excluding carboxylic acids is 1. The van der Waals surface area contributed by atoms with Gasteiger partial charge < -0.3 is 10.2 Å². The number of likely N-dealkylation sites (tertiary alicyclic amines) is 1. The van der Waals surface area contributed by atoms with Gasteiger partial charge in [0, 0.05) is 13.0 Å². The fourth-order valence-corrected chi connectivity index (χ4v) is 2.13. The van der Waals surface area contributed by atoms with E-state index in [-0.39, 0.29) is 5.91 Å². The van der Waals surface area contributed by atoms with E-state index < -0.39 is 0 Å². The van der Waals surface area contributed by atoms with Crippen molar-refractivity contribution in [3.8, 4) is 0 Å². The molecule has 3 nitrogen and oxygen atoms in total. The topological polar surface area (TPSA) is 32.3 Å². The van der Waals surface area contributed by atoms with Gasteiger partial charge >= 0.3 is 0 Å². The standard InChI is InChI=1S/C13H26N2O/c1-3-5-13(16)14-8-4-9-15-10-6-12(2)7-11-15/h12H,3-11H2,1-2H3,(H,14,16). The lowest BCUT2D eigenvalue weighted by molar-refractivity contribution is -0.121. The summed E-state index contributed by atoms with van der Waals surface area (Å²) in [6, 6.07) is 0. The zero-order chi connectivity index (χ0) is 11.8. The van der Waals surface area contributed by atoms with Crippen molar-refractivity contribution in [1.82, 2.24) is 10.2 Å². The summed E-state index contributed by atoms with van der Waals surface area (Å²) in [4.78, 5) is 13.7. The Hall–Kier alpha value is -0.570. The van der Waals surface area contributed by atoms with Crippen LogP contribution in [0.2, 0.25) is 0 Å². The second kappa shape index (κ2) is 7.66. The van der Waals surface area contributed by atoms with Crippen molar-refractivity contribution in [1.29, 1.82) is 0 Å². The van der Waals surface area contributed by atoms with Crippen molar-refractivity contribution < 1.29 is 4.79 Å². The minimum Gasteiger partial charge on any atom is -0.356 e. The number of nitrogens with zero attached hydrogens (tertiary/aromatic N) is 1. The SMILES string of the molecule is CCCC(=O)NCCCN1CCC(C)CC1. The Bertz CT molecular complexity index is 198. The van der Waals surface area contributed by atoms with Gasteiger partial charge in [-0.15, -0.1) is 0 Å². The number of hydrogen-bond donors (Lipinski definition) is 1. The summed E-state index contributed by atoms with van der Waals surface area (Å²) in [5.41, 5.74) is 0. The van der Waals surface area contributed by atoms with Gasteiger partial charge in [-0.2, -0.15) is 0 Å². The molecule has 0 spiro atoms. The Morgan fingerprint density at radius 3 is 2.69 bits per heavy atom. The van der Waals surface area contributed by atoms with Gasteiger partial charge in [-0.05, 0) is 51.2 Å². The Balaban J connectivity index is 1.97. The average molecular weight is 226 g/mol. The van der Waals surface area contributed by atoms with Crippen molar-refractivity contribution in [2.45, 2.75) is 46.0 Å². The zero-order valence-corrected chi connectivity index (χ0v) is 10.8. The van der Waals surface area contributed by atoms with Gasteiger partial charge in [0.15, 0.2) is 0 Å². The number of piperidine rings is 1. The Morgan fingerprint density at radius 1 is 1.38 bits per heavy atom. The van der Waals surface area contributed by atoms with Crippen LogP contribution in [0.15, 0.2) is 0 Å². The first kappa shape index (κ1) is 13.5. The van der Waals surface area contributed by atoms with E-state index in [4.69, 9.17) is 0 Å². The van der Waals surface area contributed by atoms with E-state index in [1.807, 2.05) is 6.92 Å². The summed E-state index contributed by atoms with van der Waals surface area (Å²) in [5.74, 6) is 1.11. The van der Waals surface area contributed by atoms with Gasteiger partial charge in [-0.1, -0.05) is 13.8 Å². The average Bonchev–Trinajstić information content (AvgIpc) is 2.27. The maximum absolute atomic E-state index is 11.2. The van der Waals surface area contributed by atoms with Crippen molar-refractivity contribution in [2.24, 2.45) is 5.92 Å². The fraction of sp³-hybridized carbons (Fsp3) is 0.923. The fourth-order valence-electron chi connectivity index (χ4n) is 2.13. The molecule has 0 radical (unpaired) electrons. The highest BCUT2D eigenvalue weighted by Crippen LogP contribution is 2.15. The van der Waals surface area contributed by atoms with E-state index in [0.717, 1.165) is 31.8 Å². The minimum atomic E-state index is 0.203. The molecular formula is C13H26N2O. The van der Waals surface area contributed by atoms with Crippen LogP contribution in [-0.2, 0) is 4.79 Å². The predicted octanol–water partition coefficient (Wildman–Crippen LogP) is 2.02. The summed E-state index contributed by atoms with van der Waals surface area (Å²) in [7, 11) is 0. The summed E-state index contributed by atoms with van der Waals surface area (Å²) in [5, 5.41) is 2.97. The molecule has 1 saturated heterocycles. The molecule has 3 heteroatoms. The molecule has 94 valence electrons. The molecule has 0 aromatic rings. The highest BCUT2D eigenvalue weighted by molar-refractivity contribution is 5.75. The molecule has 1 aliphatic rings. The molecule has 0 aromatic heterocycles. The molecule has 0 atom stereocenters. The van der Waals surface area contributed by atoms with Crippen LogP contribution in [0.4, 0.5) is 0 Å². The summed E-state index contributed by atoms with van der Waals surface area (Å²) < 4.78 is 0. The number of carbonyl (C=O) groups is 1. The van der Waals surface area contributed by atoms with Gasteiger partial charge in [0.05, 0.1) is 0 Å². The number of nitrogens with one attached hydrogen (secondary N) is 1. The van der Waals surface area contributed by atoms with E-state index in [9.17, 15) is 4.79 Å². The van der Waals surface area contributed by atoms with Crippen molar-refractivity contribution in [3.63, 3.8) is 0 Å². The third-order valence-corrected chi connectivity index (χ3v) is 3.33. The molecule has 1 heterocycles. The van der Waals surface area contributed by atoms with Crippen LogP contribution in [0, 0.1) is 5.92 Å². The summed E-state index contributed by atoms with van der Waals surface area (Å²) in [6.45, 7) is 8.83. The normalized spacial score (nSPS) is 18.6. The van der Waals surface area contributed by atoms with Crippen LogP contribution in [0.1, 0.15) is 46.0 Å². The second-order valence-corrected chi connectivity index (χ2v) is 4.98. The first-order chi connectivity index (χ1) is 7.72. The molecule has 0 unspecified atom stereocenters. The van der Waals surface area contributed by atoms with Crippen LogP contribution in [0.3, 0.4) is 0 Å². The van der Waals surface area contributed by atoms with E-state index in [1.54, 1.807) is 0 Å². The van der Waals surface area contributed by atoms with Gasteiger partial charge in [-0.25, -0.2) is 0 Å². The molecule has 1 N–H and O–H groups in total. The van der Waals surface area contributed by atoms with Crippen LogP contribution >= 0.6 is 0 Å². The highest BCUT2D eigenvalue weighted by atomic mass is 16.1. The predicted molar refractivity (Wildman–Crippen MR) is 67.4 cm³/mol. The molecule has 1 amide bonds. The van der Waals surface area contributed by atoms with E-state index in [1.165, 1.54) is 25.9 Å². The highest BCUT2D eigenvalue weighted by Gasteiger charge is 2.14. The molecule has 1 fully saturated rings. The van der Waals surface area contributed by atoms with Crippen LogP contribution < -0.4 is 5.32 Å². The van der Waals surface area contributed by atoms with Gasteiger partial charge in [0.1, 0.15) is 0 Å². The number of amides is 1. The molecule has 0 bridgehead atoms. The summed E-state index contributed by atoms with van der Waals surface area (Å²) >= 11 is 0. The molecule has 1 aliphatic heterocycles. The monoisotopic (exact) mass is 226 g/mol. The minimum absolute atomic E-state index is 0.203. The maximum Gasteiger partial charge on any atom is 0.219 e. The third kappa shape index (κ3) is 5.50. The number of hydrogen-bond acceptors (Lipinski definition) is 2. The Labute approximate surface area is 99.6 Å². The smallest absolute Gasteiger partial charge is 0.219 e. The first-order valence-electron chi connectivity index (χ1n) is 6.71. The van der Waals surface area contributed by atoms with E-state index in [2.05, 4.69) is 17.1 Å². The van der Waals surface area contributed by atoms with Crippen LogP contribution in [0.5, 0.6) is 0 Å². The van der Waals surface area contributed by atoms with Gasteiger partial charge in [0.25, 0.3) is 0 Å². The van der Waals surface area contributed by atoms with E-state index >= 15 is 0 Å². The number of rotatable bonds is 6. The first-order valence-corrected chi connectivity index (χ1v) is 6.71. The molecule has 0 aromatic carbocycles. The largest absolute Gasteiger partial charge is 0.356 e. The summed E-state index contributed by atoms with van der Waals surface area (Å²) in [6.07, 6.45) is 5.37. The quantitative estimate of drug-likeness (QED) is 0.703. The van der Waals surface area contributed by atoms with Crippen LogP contribution in [0.25, 0.3) is 0 Å². The van der Waals surface area contributed by atoms with Crippen molar-refractivity contribution in [2.75, 3.05) is 26.2 Å². The van der Waals surface area contributed by atoms with Gasteiger partial charge in [0.2, 0.25) is 5.91 Å². The van der Waals surface area contributed by atoms with Crippen LogP contribution in [-0.4, -0.2) is 37.0 Å². The molecule has 0 aliphatic carbocycles. The Morgan fingerprint density at radius 2 is 2.06 bits per heavy atom. The van der Waals surface area contributed by atoms with Gasteiger partial charge in [-0.3, -0.25) is 4.79 Å². The lowest BCUT2D eigenvalue weighted by Gasteiger charge is -2.30. The van der Waals surface area contributed by atoms with Crippen molar-refractivity contribution in [3.05, 3.63) is 0 Å². The molecular weight excluding hydrogens is 200 g/mol. The lowest BCUT2D eigenvalue weighted by atomic mass is 9.99. The Kier molecular flexibility index (Phi) is 6.46. The zero-order valence-electron chi connectivity index (χ0n) is 10.8. The second-order valence-electron chi connectivity index (χ2n) is 4.98. The van der Waals surface area contributed by atoms with Crippen molar-refractivity contribution >= 4 is 5.91 Å². The molecule has 0 saturated carbocycles. The third-order valence-electron chi connectivity index (χ3n) is 3.33. The molecule has 1 rings (SSSR count). The van der Waals surface area contributed by atoms with E-state index in [0.29, 0.717) is 6.42 Å². The maximum atomic E-state index is 11.2. The lowest BCUT2D eigenvalue weighted by Crippen LogP contribution is -2.35. The molecule has 16 heavy (non-hydrogen) atoms.